The third-order valence-electron chi connectivity index (χ3n) is 8.50. The zero-order valence-electron chi connectivity index (χ0n) is 25.1. The highest BCUT2D eigenvalue weighted by molar-refractivity contribution is 8.04. The van der Waals surface area contributed by atoms with Crippen molar-refractivity contribution < 1.29 is 19.8 Å². The van der Waals surface area contributed by atoms with Crippen LogP contribution in [0.5, 0.6) is 0 Å². The van der Waals surface area contributed by atoms with E-state index < -0.39 is 11.8 Å². The fourth-order valence-electron chi connectivity index (χ4n) is 6.11. The van der Waals surface area contributed by atoms with E-state index in [0.717, 1.165) is 48.6 Å². The van der Waals surface area contributed by atoms with E-state index in [1.807, 2.05) is 59.5 Å². The fourth-order valence-corrected chi connectivity index (χ4v) is 7.51. The Balaban J connectivity index is 1.16. The van der Waals surface area contributed by atoms with Crippen molar-refractivity contribution in [3.8, 4) is 0 Å². The molecular weight excluding hydrogens is 574 g/mol. The van der Waals surface area contributed by atoms with Crippen LogP contribution in [0.2, 0.25) is 0 Å². The number of nitrogens with zero attached hydrogens (tertiary/aromatic N) is 3. The van der Waals surface area contributed by atoms with Gasteiger partial charge in [-0.2, -0.15) is 0 Å². The fraction of sp³-hybridized carbons (Fsp3) is 0.382. The summed E-state index contributed by atoms with van der Waals surface area (Å²) in [6.45, 7) is 5.82. The van der Waals surface area contributed by atoms with E-state index in [-0.39, 0.29) is 29.6 Å². The van der Waals surface area contributed by atoms with E-state index >= 15 is 0 Å². The zero-order chi connectivity index (χ0) is 30.8. The summed E-state index contributed by atoms with van der Waals surface area (Å²) in [6.07, 6.45) is 5.79. The second-order valence-electron chi connectivity index (χ2n) is 12.3. The molecule has 1 saturated heterocycles. The standard InChI is InChI=1S/C34H39N5O4S/c1-34(2,21-40)37-32(42)28-20-23-15-19-39(27-10-4-3-8-25(27)29(23)44-28)33(43)22-11-13-24(14-12-22)36-31(41)26-9-7-16-35-30(26)38-17-5-6-18-38/h3-4,7-14,16,20,23,29,31,36,40-41H,5-6,15,17-19,21H2,1-2H3,(H,37,42). The maximum absolute atomic E-state index is 13.9. The number of amides is 2. The second-order valence-corrected chi connectivity index (χ2v) is 13.5. The third kappa shape index (κ3) is 6.20. The Kier molecular flexibility index (Phi) is 8.66. The Hall–Kier alpha value is -3.86. The zero-order valence-corrected chi connectivity index (χ0v) is 25.9. The molecule has 0 aliphatic carbocycles. The highest BCUT2D eigenvalue weighted by Crippen LogP contribution is 2.53. The van der Waals surface area contributed by atoms with Gasteiger partial charge >= 0.3 is 0 Å². The summed E-state index contributed by atoms with van der Waals surface area (Å²) in [5.74, 6) is 0.631. The van der Waals surface area contributed by atoms with Crippen LogP contribution in [0.25, 0.3) is 0 Å². The van der Waals surface area contributed by atoms with Gasteiger partial charge in [0.05, 0.1) is 17.1 Å². The normalized spacial score (nSPS) is 20.3. The maximum Gasteiger partial charge on any atom is 0.258 e. The lowest BCUT2D eigenvalue weighted by Gasteiger charge is -2.25. The molecule has 3 aliphatic heterocycles. The first-order chi connectivity index (χ1) is 21.2. The van der Waals surface area contributed by atoms with Crippen molar-refractivity contribution in [1.82, 2.24) is 10.3 Å². The van der Waals surface area contributed by atoms with E-state index in [9.17, 15) is 19.8 Å². The van der Waals surface area contributed by atoms with Crippen molar-refractivity contribution in [2.75, 3.05) is 41.4 Å². The molecule has 3 aliphatic rings. The van der Waals surface area contributed by atoms with E-state index in [0.29, 0.717) is 29.1 Å². The summed E-state index contributed by atoms with van der Waals surface area (Å²) >= 11 is 1.52. The number of anilines is 3. The molecule has 4 heterocycles. The average molecular weight is 614 g/mol. The minimum atomic E-state index is -0.940. The van der Waals surface area contributed by atoms with Gasteiger partial charge in [-0.05, 0) is 87.1 Å². The SMILES string of the molecule is CC(C)(CO)NC(=O)C1=CC2CCN(C(=O)c3ccc(NC(O)c4cccnc4N4CCCC4)cc3)c3ccccc3C2S1. The molecule has 4 N–H and O–H groups in total. The first-order valence-electron chi connectivity index (χ1n) is 15.2. The molecule has 0 bridgehead atoms. The lowest BCUT2D eigenvalue weighted by molar-refractivity contribution is -0.118. The number of fused-ring (bicyclic) bond motifs is 3. The van der Waals surface area contributed by atoms with Crippen molar-refractivity contribution in [2.24, 2.45) is 5.92 Å². The molecule has 1 fully saturated rings. The van der Waals surface area contributed by atoms with Crippen LogP contribution >= 0.6 is 11.8 Å². The molecule has 10 heteroatoms. The highest BCUT2D eigenvalue weighted by Gasteiger charge is 2.39. The summed E-state index contributed by atoms with van der Waals surface area (Å²) in [5, 5.41) is 26.7. The van der Waals surface area contributed by atoms with Crippen molar-refractivity contribution in [3.63, 3.8) is 0 Å². The second kappa shape index (κ2) is 12.6. The minimum Gasteiger partial charge on any atom is -0.394 e. The van der Waals surface area contributed by atoms with Gasteiger partial charge in [-0.3, -0.25) is 9.59 Å². The van der Waals surface area contributed by atoms with Gasteiger partial charge in [-0.1, -0.05) is 24.3 Å². The van der Waals surface area contributed by atoms with Crippen LogP contribution in [-0.4, -0.2) is 58.8 Å². The number of thioether (sulfide) groups is 1. The number of rotatable bonds is 8. The van der Waals surface area contributed by atoms with Gasteiger partial charge in [0.2, 0.25) is 0 Å². The van der Waals surface area contributed by atoms with Crippen LogP contribution in [0.1, 0.15) is 66.1 Å². The van der Waals surface area contributed by atoms with E-state index in [1.165, 1.54) is 11.8 Å². The van der Waals surface area contributed by atoms with Crippen LogP contribution in [0.4, 0.5) is 17.2 Å². The van der Waals surface area contributed by atoms with E-state index in [2.05, 4.69) is 20.5 Å². The molecule has 44 heavy (non-hydrogen) atoms. The molecule has 3 aromatic rings. The highest BCUT2D eigenvalue weighted by atomic mass is 32.2. The number of aliphatic hydroxyl groups excluding tert-OH is 2. The molecule has 2 aromatic carbocycles. The third-order valence-corrected chi connectivity index (χ3v) is 9.93. The molecule has 3 atom stereocenters. The number of allylic oxidation sites excluding steroid dienone is 1. The average Bonchev–Trinajstić information content (AvgIpc) is 3.70. The lowest BCUT2D eigenvalue weighted by Crippen LogP contribution is -2.46. The van der Waals surface area contributed by atoms with E-state index in [1.54, 1.807) is 32.2 Å². The molecule has 230 valence electrons. The topological polar surface area (TPSA) is 118 Å². The number of hydrogen-bond donors (Lipinski definition) is 4. The minimum absolute atomic E-state index is 0.0213. The molecule has 1 aromatic heterocycles. The predicted octanol–water partition coefficient (Wildman–Crippen LogP) is 5.01. The summed E-state index contributed by atoms with van der Waals surface area (Å²) in [6, 6.07) is 18.9. The molecule has 0 saturated carbocycles. The number of hydrogen-bond acceptors (Lipinski definition) is 8. The number of carbonyl (C=O) groups is 2. The monoisotopic (exact) mass is 613 g/mol. The molecular formula is C34H39N5O4S. The van der Waals surface area contributed by atoms with Crippen molar-refractivity contribution in [3.05, 3.63) is 94.5 Å². The Morgan fingerprint density at radius 1 is 1.05 bits per heavy atom. The van der Waals surface area contributed by atoms with Gasteiger partial charge in [-0.15, -0.1) is 11.8 Å². The lowest BCUT2D eigenvalue weighted by atomic mass is 9.96. The van der Waals surface area contributed by atoms with Crippen LogP contribution < -0.4 is 20.4 Å². The first kappa shape index (κ1) is 30.2. The van der Waals surface area contributed by atoms with Gasteiger partial charge in [0, 0.05) is 53.6 Å². The smallest absolute Gasteiger partial charge is 0.258 e. The Morgan fingerprint density at radius 2 is 1.80 bits per heavy atom. The van der Waals surface area contributed by atoms with Crippen LogP contribution in [0, 0.1) is 5.92 Å². The number of aliphatic hydroxyl groups is 2. The number of para-hydroxylation sites is 1. The van der Waals surface area contributed by atoms with Gasteiger partial charge in [0.15, 0.2) is 6.23 Å². The largest absolute Gasteiger partial charge is 0.394 e. The molecule has 3 unspecified atom stereocenters. The summed E-state index contributed by atoms with van der Waals surface area (Å²) in [5.41, 5.74) is 3.16. The Labute approximate surface area is 262 Å². The summed E-state index contributed by atoms with van der Waals surface area (Å²) < 4.78 is 0. The van der Waals surface area contributed by atoms with Gasteiger partial charge in [-0.25, -0.2) is 4.98 Å². The number of benzene rings is 2. The van der Waals surface area contributed by atoms with Crippen molar-refractivity contribution in [2.45, 2.75) is 50.1 Å². The Bertz CT molecular complexity index is 1550. The summed E-state index contributed by atoms with van der Waals surface area (Å²) in [7, 11) is 0. The maximum atomic E-state index is 13.9. The number of pyridine rings is 1. The molecule has 0 radical (unpaired) electrons. The Morgan fingerprint density at radius 3 is 2.55 bits per heavy atom. The molecule has 0 spiro atoms. The predicted molar refractivity (Wildman–Crippen MR) is 175 cm³/mol. The quantitative estimate of drug-likeness (QED) is 0.262. The molecule has 6 rings (SSSR count). The number of aromatic nitrogens is 1. The van der Waals surface area contributed by atoms with Crippen molar-refractivity contribution >= 4 is 40.8 Å². The first-order valence-corrected chi connectivity index (χ1v) is 16.1. The van der Waals surface area contributed by atoms with Crippen LogP contribution in [0.3, 0.4) is 0 Å². The number of nitrogens with one attached hydrogen (secondary N) is 2. The van der Waals surface area contributed by atoms with Gasteiger partial charge < -0.3 is 30.6 Å². The van der Waals surface area contributed by atoms with Crippen molar-refractivity contribution in [1.29, 1.82) is 0 Å². The van der Waals surface area contributed by atoms with E-state index in [4.69, 9.17) is 0 Å². The van der Waals surface area contributed by atoms with Gasteiger partial charge in [0.25, 0.3) is 11.8 Å². The summed E-state index contributed by atoms with van der Waals surface area (Å²) in [4.78, 5) is 36.1. The van der Waals surface area contributed by atoms with Gasteiger partial charge in [0.1, 0.15) is 5.82 Å². The van der Waals surface area contributed by atoms with Crippen LogP contribution in [0.15, 0.2) is 77.8 Å². The van der Waals surface area contributed by atoms with Crippen LogP contribution in [-0.2, 0) is 4.79 Å². The number of carbonyl (C=O) groups excluding carboxylic acids is 2. The molecule has 2 amide bonds. The molecule has 9 nitrogen and oxygen atoms in total.